The van der Waals surface area contributed by atoms with Crippen molar-refractivity contribution in [3.05, 3.63) is 25.7 Å². The van der Waals surface area contributed by atoms with Gasteiger partial charge in [-0.2, -0.15) is 0 Å². The van der Waals surface area contributed by atoms with Crippen LogP contribution in [0, 0.1) is 10.1 Å². The quantitative estimate of drug-likeness (QED) is 0.633. The van der Waals surface area contributed by atoms with E-state index >= 15 is 0 Å². The van der Waals surface area contributed by atoms with Gasteiger partial charge >= 0.3 is 0 Å². The van der Waals surface area contributed by atoms with Crippen LogP contribution in [0.15, 0.2) is 11.3 Å². The zero-order valence-electron chi connectivity index (χ0n) is 9.21. The predicted octanol–water partition coefficient (Wildman–Crippen LogP) is 2.43. The molecule has 0 atom stereocenters. The van der Waals surface area contributed by atoms with E-state index in [0.29, 0.717) is 16.2 Å². The molecule has 1 saturated carbocycles. The van der Waals surface area contributed by atoms with Gasteiger partial charge in [0.2, 0.25) is 5.17 Å². The molecule has 9 heteroatoms. The number of nitrogens with zero attached hydrogens (tertiary/aromatic N) is 4. The second kappa shape index (κ2) is 4.36. The van der Waals surface area contributed by atoms with Gasteiger partial charge in [0.1, 0.15) is 0 Å². The van der Waals surface area contributed by atoms with Crippen molar-refractivity contribution in [2.75, 3.05) is 5.75 Å². The number of hydrogen-bond donors (Lipinski definition) is 0. The first-order valence-corrected chi connectivity index (χ1v) is 7.51. The Morgan fingerprint density at radius 2 is 2.44 bits per heavy atom. The summed E-state index contributed by atoms with van der Waals surface area (Å²) in [7, 11) is 0. The lowest BCUT2D eigenvalue weighted by Crippen LogP contribution is -2.35. The standard InChI is InChI=1S/C9H9ClN4O2S2/c10-7-11-3-6(18-7)4-13-8(12-14(15)16)17-5-9(13)1-2-9/h3H,1-2,4-5H2/b12-8-. The summed E-state index contributed by atoms with van der Waals surface area (Å²) in [6, 6.07) is 0. The number of amidine groups is 1. The number of aromatic nitrogens is 1. The van der Waals surface area contributed by atoms with E-state index in [0.717, 1.165) is 23.5 Å². The van der Waals surface area contributed by atoms with Crippen LogP contribution < -0.4 is 0 Å². The molecular formula is C9H9ClN4O2S2. The molecule has 0 bridgehead atoms. The highest BCUT2D eigenvalue weighted by molar-refractivity contribution is 8.14. The number of hydrazone groups is 1. The van der Waals surface area contributed by atoms with Gasteiger partial charge in [-0.25, -0.2) is 15.1 Å². The van der Waals surface area contributed by atoms with Crippen molar-refractivity contribution >= 4 is 39.9 Å². The first kappa shape index (κ1) is 12.2. The maximum Gasteiger partial charge on any atom is 0.238 e. The molecule has 6 nitrogen and oxygen atoms in total. The molecule has 18 heavy (non-hydrogen) atoms. The molecule has 2 aliphatic rings. The SMILES string of the molecule is O=[N+]([O-])/N=C1\SCC2(CC2)N1Cc1cnc(Cl)s1. The molecule has 0 aromatic carbocycles. The van der Waals surface area contributed by atoms with E-state index in [1.165, 1.54) is 23.1 Å². The summed E-state index contributed by atoms with van der Waals surface area (Å²) in [5.74, 6) is 0.881. The number of nitro groups is 1. The Bertz CT molecular complexity index is 528. The van der Waals surface area contributed by atoms with Gasteiger partial charge in [-0.1, -0.05) is 23.4 Å². The average molecular weight is 305 g/mol. The van der Waals surface area contributed by atoms with Crippen LogP contribution in [0.3, 0.4) is 0 Å². The third-order valence-corrected chi connectivity index (χ3v) is 5.45. The summed E-state index contributed by atoms with van der Waals surface area (Å²) in [6.45, 7) is 0.601. The highest BCUT2D eigenvalue weighted by Gasteiger charge is 2.54. The fraction of sp³-hybridized carbons (Fsp3) is 0.556. The molecule has 0 unspecified atom stereocenters. The van der Waals surface area contributed by atoms with Crippen LogP contribution in [0.1, 0.15) is 17.7 Å². The molecule has 1 aromatic heterocycles. The van der Waals surface area contributed by atoms with Crippen LogP contribution in [0.25, 0.3) is 0 Å². The zero-order chi connectivity index (χ0) is 12.8. The summed E-state index contributed by atoms with van der Waals surface area (Å²) in [4.78, 5) is 17.6. The molecule has 3 rings (SSSR count). The van der Waals surface area contributed by atoms with E-state index in [2.05, 4.69) is 10.1 Å². The number of rotatable bonds is 3. The lowest BCUT2D eigenvalue weighted by molar-refractivity contribution is -0.485. The number of halogens is 1. The number of thiazole rings is 1. The topological polar surface area (TPSA) is 71.6 Å². The second-order valence-electron chi connectivity index (χ2n) is 4.30. The molecular weight excluding hydrogens is 296 g/mol. The van der Waals surface area contributed by atoms with Crippen LogP contribution >= 0.6 is 34.7 Å². The number of thioether (sulfide) groups is 1. The Balaban J connectivity index is 1.84. The third kappa shape index (κ3) is 2.19. The van der Waals surface area contributed by atoms with Crippen molar-refractivity contribution in [1.29, 1.82) is 0 Å². The van der Waals surface area contributed by atoms with Gasteiger partial charge in [0.25, 0.3) is 0 Å². The second-order valence-corrected chi connectivity index (χ2v) is 6.94. The molecule has 0 radical (unpaired) electrons. The summed E-state index contributed by atoms with van der Waals surface area (Å²) in [5, 5.41) is 13.9. The van der Waals surface area contributed by atoms with Crippen molar-refractivity contribution in [3.8, 4) is 0 Å². The van der Waals surface area contributed by atoms with E-state index in [4.69, 9.17) is 11.6 Å². The molecule has 2 heterocycles. The molecule has 1 aromatic rings. The van der Waals surface area contributed by atoms with Gasteiger partial charge in [0.05, 0.1) is 17.2 Å². The first-order chi connectivity index (χ1) is 8.59. The molecule has 0 amide bonds. The minimum Gasteiger partial charge on any atom is -0.334 e. The van der Waals surface area contributed by atoms with E-state index in [1.54, 1.807) is 6.20 Å². The van der Waals surface area contributed by atoms with Crippen molar-refractivity contribution in [2.45, 2.75) is 24.9 Å². The molecule has 96 valence electrons. The average Bonchev–Trinajstić information content (AvgIpc) is 2.87. The van der Waals surface area contributed by atoms with Crippen molar-refractivity contribution < 1.29 is 5.03 Å². The largest absolute Gasteiger partial charge is 0.334 e. The molecule has 1 aliphatic heterocycles. The summed E-state index contributed by atoms with van der Waals surface area (Å²) >= 11 is 8.66. The summed E-state index contributed by atoms with van der Waals surface area (Å²) < 4.78 is 0.495. The maximum absolute atomic E-state index is 10.5. The Hall–Kier alpha value is -0.860. The Labute approximate surface area is 116 Å². The van der Waals surface area contributed by atoms with Crippen LogP contribution in [-0.4, -0.2) is 31.4 Å². The maximum atomic E-state index is 10.5. The zero-order valence-corrected chi connectivity index (χ0v) is 11.6. The Morgan fingerprint density at radius 3 is 3.00 bits per heavy atom. The lowest BCUT2D eigenvalue weighted by Gasteiger charge is -2.23. The van der Waals surface area contributed by atoms with Gasteiger partial charge < -0.3 is 4.90 Å². The molecule has 1 spiro atoms. The van der Waals surface area contributed by atoms with Crippen molar-refractivity contribution in [1.82, 2.24) is 9.88 Å². The van der Waals surface area contributed by atoms with Gasteiger partial charge in [0.15, 0.2) is 9.50 Å². The minimum atomic E-state index is -0.629. The van der Waals surface area contributed by atoms with Crippen molar-refractivity contribution in [3.63, 3.8) is 0 Å². The van der Waals surface area contributed by atoms with Gasteiger partial charge in [-0.15, -0.1) is 11.3 Å². The fourth-order valence-electron chi connectivity index (χ4n) is 2.02. The molecule has 1 saturated heterocycles. The van der Waals surface area contributed by atoms with Gasteiger partial charge in [-0.3, -0.25) is 0 Å². The lowest BCUT2D eigenvalue weighted by atomic mass is 10.2. The minimum absolute atomic E-state index is 0.0793. The molecule has 1 aliphatic carbocycles. The third-order valence-electron chi connectivity index (χ3n) is 3.11. The first-order valence-electron chi connectivity index (χ1n) is 5.33. The van der Waals surface area contributed by atoms with E-state index in [1.807, 2.05) is 4.90 Å². The van der Waals surface area contributed by atoms with Crippen LogP contribution in [0.5, 0.6) is 0 Å². The monoisotopic (exact) mass is 304 g/mol. The summed E-state index contributed by atoms with van der Waals surface area (Å²) in [5.41, 5.74) is 0.0793. The van der Waals surface area contributed by atoms with Crippen LogP contribution in [-0.2, 0) is 6.54 Å². The van der Waals surface area contributed by atoms with Crippen molar-refractivity contribution in [2.24, 2.45) is 5.10 Å². The summed E-state index contributed by atoms with van der Waals surface area (Å²) in [6.07, 6.45) is 3.86. The Morgan fingerprint density at radius 1 is 1.67 bits per heavy atom. The number of hydrogen-bond acceptors (Lipinski definition) is 5. The highest BCUT2D eigenvalue weighted by Crippen LogP contribution is 2.51. The normalized spacial score (nSPS) is 22.9. The van der Waals surface area contributed by atoms with Crippen LogP contribution in [0.4, 0.5) is 0 Å². The highest BCUT2D eigenvalue weighted by atomic mass is 35.5. The van der Waals surface area contributed by atoms with E-state index < -0.39 is 5.03 Å². The van der Waals surface area contributed by atoms with Crippen LogP contribution in [0.2, 0.25) is 4.47 Å². The smallest absolute Gasteiger partial charge is 0.238 e. The van der Waals surface area contributed by atoms with Gasteiger partial charge in [0, 0.05) is 16.8 Å². The van der Waals surface area contributed by atoms with E-state index in [9.17, 15) is 10.1 Å². The van der Waals surface area contributed by atoms with E-state index in [-0.39, 0.29) is 5.54 Å². The molecule has 0 N–H and O–H groups in total. The Kier molecular flexibility index (Phi) is 2.95. The fourth-order valence-corrected chi connectivity index (χ4v) is 4.36. The molecule has 2 fully saturated rings. The van der Waals surface area contributed by atoms with Gasteiger partial charge in [-0.05, 0) is 12.8 Å². The predicted molar refractivity (Wildman–Crippen MR) is 71.5 cm³/mol.